The number of rotatable bonds is 6. The van der Waals surface area contributed by atoms with E-state index in [1.54, 1.807) is 13.3 Å². The van der Waals surface area contributed by atoms with Gasteiger partial charge in [-0.15, -0.1) is 0 Å². The third kappa shape index (κ3) is 3.31. The van der Waals surface area contributed by atoms with Crippen molar-refractivity contribution in [1.82, 2.24) is 19.9 Å². The maximum Gasteiger partial charge on any atom is 0.180 e. The standard InChI is InChI=1S/C21H22N6O2/c1-28-10-9-26-7-8-27(13-15-11-22-14-29-15)19-12-24-20(25-21(19)26)17-3-2-4-18-16(17)5-6-23-18/h2-6,11-12,14,23H,7-10,13H2,1H3. The number of ether oxygens (including phenoxy) is 1. The molecule has 5 rings (SSSR count). The summed E-state index contributed by atoms with van der Waals surface area (Å²) in [6, 6.07) is 8.20. The largest absolute Gasteiger partial charge is 0.447 e. The Labute approximate surface area is 168 Å². The van der Waals surface area contributed by atoms with E-state index in [9.17, 15) is 0 Å². The van der Waals surface area contributed by atoms with Gasteiger partial charge in [0.25, 0.3) is 0 Å². The van der Waals surface area contributed by atoms with Crippen LogP contribution in [0.2, 0.25) is 0 Å². The fourth-order valence-corrected chi connectivity index (χ4v) is 3.79. The van der Waals surface area contributed by atoms with Crippen LogP contribution in [0, 0.1) is 0 Å². The van der Waals surface area contributed by atoms with Gasteiger partial charge in [-0.25, -0.2) is 15.0 Å². The van der Waals surface area contributed by atoms with Crippen molar-refractivity contribution >= 4 is 22.4 Å². The van der Waals surface area contributed by atoms with Crippen molar-refractivity contribution in [2.24, 2.45) is 0 Å². The van der Waals surface area contributed by atoms with E-state index in [0.717, 1.165) is 59.2 Å². The van der Waals surface area contributed by atoms with Crippen LogP contribution in [0.4, 0.5) is 11.5 Å². The Morgan fingerprint density at radius 1 is 1.17 bits per heavy atom. The summed E-state index contributed by atoms with van der Waals surface area (Å²) in [7, 11) is 1.72. The zero-order valence-corrected chi connectivity index (χ0v) is 16.2. The molecule has 0 aliphatic carbocycles. The predicted molar refractivity (Wildman–Crippen MR) is 111 cm³/mol. The van der Waals surface area contributed by atoms with Gasteiger partial charge in [0.1, 0.15) is 5.76 Å². The highest BCUT2D eigenvalue weighted by Crippen LogP contribution is 2.34. The smallest absolute Gasteiger partial charge is 0.180 e. The van der Waals surface area contributed by atoms with Gasteiger partial charge >= 0.3 is 0 Å². The molecule has 0 radical (unpaired) electrons. The summed E-state index contributed by atoms with van der Waals surface area (Å²) >= 11 is 0. The molecule has 0 saturated carbocycles. The molecule has 148 valence electrons. The van der Waals surface area contributed by atoms with Crippen molar-refractivity contribution in [2.45, 2.75) is 6.54 Å². The molecule has 1 N–H and O–H groups in total. The SMILES string of the molecule is COCCN1CCN(Cc2cnco2)c2cnc(-c3cccc4[nH]ccc34)nc21. The number of nitrogens with one attached hydrogen (secondary N) is 1. The number of H-pyrrole nitrogens is 1. The molecule has 3 aromatic heterocycles. The quantitative estimate of drug-likeness (QED) is 0.542. The van der Waals surface area contributed by atoms with E-state index >= 15 is 0 Å². The highest BCUT2D eigenvalue weighted by atomic mass is 16.5. The Morgan fingerprint density at radius 2 is 2.10 bits per heavy atom. The van der Waals surface area contributed by atoms with E-state index in [0.29, 0.717) is 13.2 Å². The third-order valence-electron chi connectivity index (χ3n) is 5.26. The number of methoxy groups -OCH3 is 1. The maximum atomic E-state index is 5.44. The minimum atomic E-state index is 0.640. The van der Waals surface area contributed by atoms with Gasteiger partial charge in [-0.1, -0.05) is 12.1 Å². The number of anilines is 2. The fourth-order valence-electron chi connectivity index (χ4n) is 3.79. The van der Waals surface area contributed by atoms with Crippen LogP contribution in [0.3, 0.4) is 0 Å². The van der Waals surface area contributed by atoms with Crippen LogP contribution in [-0.4, -0.2) is 53.3 Å². The van der Waals surface area contributed by atoms with Gasteiger partial charge in [-0.2, -0.15) is 0 Å². The van der Waals surface area contributed by atoms with Crippen molar-refractivity contribution < 1.29 is 9.15 Å². The Kier molecular flexibility index (Phi) is 4.61. The predicted octanol–water partition coefficient (Wildman–Crippen LogP) is 3.09. The highest BCUT2D eigenvalue weighted by molar-refractivity contribution is 5.93. The molecule has 4 aromatic rings. The molecule has 0 amide bonds. The van der Waals surface area contributed by atoms with Crippen molar-refractivity contribution in [1.29, 1.82) is 0 Å². The average Bonchev–Trinajstić information content (AvgIpc) is 3.44. The number of hydrogen-bond donors (Lipinski definition) is 1. The van der Waals surface area contributed by atoms with Crippen molar-refractivity contribution in [3.8, 4) is 11.4 Å². The Bertz CT molecular complexity index is 1110. The molecule has 8 nitrogen and oxygen atoms in total. The monoisotopic (exact) mass is 390 g/mol. The fraction of sp³-hybridized carbons (Fsp3) is 0.286. The first kappa shape index (κ1) is 17.7. The topological polar surface area (TPSA) is 83.3 Å². The minimum Gasteiger partial charge on any atom is -0.447 e. The number of oxazole rings is 1. The molecule has 1 aliphatic heterocycles. The molecule has 0 unspecified atom stereocenters. The first-order chi connectivity index (χ1) is 14.3. The number of aromatic amines is 1. The number of fused-ring (bicyclic) bond motifs is 2. The second-order valence-electron chi connectivity index (χ2n) is 7.02. The first-order valence-electron chi connectivity index (χ1n) is 9.63. The lowest BCUT2D eigenvalue weighted by Crippen LogP contribution is -2.42. The van der Waals surface area contributed by atoms with E-state index in [4.69, 9.17) is 19.1 Å². The van der Waals surface area contributed by atoms with E-state index in [1.807, 2.05) is 18.5 Å². The summed E-state index contributed by atoms with van der Waals surface area (Å²) in [4.78, 5) is 21.5. The minimum absolute atomic E-state index is 0.640. The van der Waals surface area contributed by atoms with Crippen LogP contribution in [0.1, 0.15) is 5.76 Å². The first-order valence-corrected chi connectivity index (χ1v) is 9.63. The summed E-state index contributed by atoms with van der Waals surface area (Å²) in [6.07, 6.45) is 7.07. The Hall–Kier alpha value is -3.39. The molecular formula is C21H22N6O2. The van der Waals surface area contributed by atoms with E-state index < -0.39 is 0 Å². The van der Waals surface area contributed by atoms with Crippen LogP contribution >= 0.6 is 0 Å². The van der Waals surface area contributed by atoms with Crippen LogP contribution in [-0.2, 0) is 11.3 Å². The number of aromatic nitrogens is 4. The molecule has 0 fully saturated rings. The van der Waals surface area contributed by atoms with Gasteiger partial charge < -0.3 is 23.9 Å². The number of hydrogen-bond acceptors (Lipinski definition) is 7. The highest BCUT2D eigenvalue weighted by Gasteiger charge is 2.26. The van der Waals surface area contributed by atoms with Crippen LogP contribution in [0.15, 0.2) is 53.7 Å². The van der Waals surface area contributed by atoms with Gasteiger partial charge in [0.2, 0.25) is 0 Å². The van der Waals surface area contributed by atoms with Crippen LogP contribution < -0.4 is 9.80 Å². The molecular weight excluding hydrogens is 368 g/mol. The van der Waals surface area contributed by atoms with E-state index in [-0.39, 0.29) is 0 Å². The second kappa shape index (κ2) is 7.56. The average molecular weight is 390 g/mol. The lowest BCUT2D eigenvalue weighted by molar-refractivity contribution is 0.205. The normalized spacial score (nSPS) is 13.8. The molecule has 1 aromatic carbocycles. The van der Waals surface area contributed by atoms with E-state index in [2.05, 4.69) is 38.0 Å². The van der Waals surface area contributed by atoms with E-state index in [1.165, 1.54) is 6.39 Å². The molecule has 8 heteroatoms. The van der Waals surface area contributed by atoms with Gasteiger partial charge in [0.15, 0.2) is 18.0 Å². The second-order valence-corrected chi connectivity index (χ2v) is 7.02. The summed E-state index contributed by atoms with van der Waals surface area (Å²) in [5.41, 5.74) is 3.09. The lowest BCUT2D eigenvalue weighted by atomic mass is 10.1. The molecule has 0 bridgehead atoms. The molecule has 29 heavy (non-hydrogen) atoms. The summed E-state index contributed by atoms with van der Waals surface area (Å²) < 4.78 is 10.8. The number of nitrogens with zero attached hydrogens (tertiary/aromatic N) is 5. The summed E-state index contributed by atoms with van der Waals surface area (Å²) in [5, 5.41) is 1.12. The molecule has 0 spiro atoms. The molecule has 1 aliphatic rings. The Morgan fingerprint density at radius 3 is 2.97 bits per heavy atom. The van der Waals surface area contributed by atoms with Gasteiger partial charge in [0, 0.05) is 49.4 Å². The van der Waals surface area contributed by atoms with Crippen LogP contribution in [0.25, 0.3) is 22.3 Å². The van der Waals surface area contributed by atoms with Gasteiger partial charge in [-0.3, -0.25) is 0 Å². The molecule has 0 saturated heterocycles. The van der Waals surface area contributed by atoms with Gasteiger partial charge in [-0.05, 0) is 12.1 Å². The summed E-state index contributed by atoms with van der Waals surface area (Å²) in [5.74, 6) is 2.46. The number of benzene rings is 1. The van der Waals surface area contributed by atoms with Crippen molar-refractivity contribution in [3.63, 3.8) is 0 Å². The van der Waals surface area contributed by atoms with Crippen molar-refractivity contribution in [2.75, 3.05) is 43.2 Å². The van der Waals surface area contributed by atoms with Gasteiger partial charge in [0.05, 0.1) is 31.2 Å². The molecule has 0 atom stereocenters. The Balaban J connectivity index is 1.56. The molecule has 4 heterocycles. The lowest BCUT2D eigenvalue weighted by Gasteiger charge is -2.37. The zero-order chi connectivity index (χ0) is 19.6. The maximum absolute atomic E-state index is 5.44. The zero-order valence-electron chi connectivity index (χ0n) is 16.2. The summed E-state index contributed by atoms with van der Waals surface area (Å²) in [6.45, 7) is 3.78. The van der Waals surface area contributed by atoms with Crippen LogP contribution in [0.5, 0.6) is 0 Å². The third-order valence-corrected chi connectivity index (χ3v) is 5.26. The van der Waals surface area contributed by atoms with Crippen molar-refractivity contribution in [3.05, 3.63) is 55.0 Å².